The summed E-state index contributed by atoms with van der Waals surface area (Å²) in [6.07, 6.45) is -4.12. The summed E-state index contributed by atoms with van der Waals surface area (Å²) in [5, 5.41) is 0. The summed E-state index contributed by atoms with van der Waals surface area (Å²) in [6, 6.07) is 0.905. The highest BCUT2D eigenvalue weighted by Gasteiger charge is 2.50. The van der Waals surface area contributed by atoms with Gasteiger partial charge < -0.3 is 9.47 Å². The SMILES string of the molecule is CCCC1CCC(C2CCC(C3CCC(c4cc(F)c(C(F)(F)Oc5cc(F)c(C(F)(F)OC(F)(F)F)c(F)c5)c(F)c4)CC3)OC2)CC1. The van der Waals surface area contributed by atoms with Crippen LogP contribution in [0.3, 0.4) is 0 Å². The molecule has 0 N–H and O–H groups in total. The van der Waals surface area contributed by atoms with Crippen molar-refractivity contribution in [2.45, 2.75) is 115 Å². The van der Waals surface area contributed by atoms with Crippen molar-refractivity contribution in [3.63, 3.8) is 0 Å². The van der Waals surface area contributed by atoms with Crippen molar-refractivity contribution >= 4 is 0 Å². The zero-order valence-electron chi connectivity index (χ0n) is 26.8. The van der Waals surface area contributed by atoms with Gasteiger partial charge in [0, 0.05) is 12.1 Å². The molecule has 3 fully saturated rings. The second kappa shape index (κ2) is 14.9. The highest BCUT2D eigenvalue weighted by Crippen LogP contribution is 2.45. The van der Waals surface area contributed by atoms with Crippen LogP contribution in [-0.2, 0) is 21.7 Å². The van der Waals surface area contributed by atoms with Crippen molar-refractivity contribution in [3.05, 3.63) is 64.2 Å². The van der Waals surface area contributed by atoms with E-state index in [1.54, 1.807) is 0 Å². The summed E-state index contributed by atoms with van der Waals surface area (Å²) < 4.78 is 165. The molecule has 5 rings (SSSR count). The molecule has 2 saturated carbocycles. The molecule has 49 heavy (non-hydrogen) atoms. The predicted octanol–water partition coefficient (Wildman–Crippen LogP) is 11.6. The largest absolute Gasteiger partial charge is 0.527 e. The summed E-state index contributed by atoms with van der Waals surface area (Å²) in [5.74, 6) is -7.75. The molecular formula is C35H39F11O3. The monoisotopic (exact) mass is 716 g/mol. The molecule has 2 aromatic rings. The van der Waals surface area contributed by atoms with Crippen LogP contribution in [0.15, 0.2) is 24.3 Å². The van der Waals surface area contributed by atoms with E-state index in [1.165, 1.54) is 38.5 Å². The van der Waals surface area contributed by atoms with Gasteiger partial charge in [-0.25, -0.2) is 22.3 Å². The molecule has 0 amide bonds. The molecule has 2 unspecified atom stereocenters. The van der Waals surface area contributed by atoms with Gasteiger partial charge in [0.2, 0.25) is 0 Å². The molecule has 2 aromatic carbocycles. The van der Waals surface area contributed by atoms with Crippen LogP contribution in [-0.4, -0.2) is 19.1 Å². The van der Waals surface area contributed by atoms with E-state index in [-0.39, 0.29) is 35.6 Å². The number of alkyl halides is 7. The molecule has 0 aromatic heterocycles. The third kappa shape index (κ3) is 9.01. The van der Waals surface area contributed by atoms with E-state index in [0.29, 0.717) is 24.7 Å². The minimum Gasteiger partial charge on any atom is -0.429 e. The van der Waals surface area contributed by atoms with Crippen LogP contribution in [0.1, 0.15) is 107 Å². The maximum atomic E-state index is 15.0. The van der Waals surface area contributed by atoms with Crippen molar-refractivity contribution in [1.29, 1.82) is 0 Å². The van der Waals surface area contributed by atoms with E-state index in [2.05, 4.69) is 16.4 Å². The molecule has 0 bridgehead atoms. The minimum absolute atomic E-state index is 0.104. The van der Waals surface area contributed by atoms with Crippen LogP contribution in [0.25, 0.3) is 0 Å². The average Bonchev–Trinajstić information content (AvgIpc) is 2.99. The molecule has 0 radical (unpaired) electrons. The molecule has 1 heterocycles. The van der Waals surface area contributed by atoms with Crippen molar-refractivity contribution in [1.82, 2.24) is 0 Å². The molecule has 2 atom stereocenters. The molecule has 1 saturated heterocycles. The van der Waals surface area contributed by atoms with Crippen molar-refractivity contribution in [2.75, 3.05) is 6.61 Å². The molecule has 0 spiro atoms. The summed E-state index contributed by atoms with van der Waals surface area (Å²) >= 11 is 0. The Labute approximate surface area is 277 Å². The fraction of sp³-hybridized carbons (Fsp3) is 0.657. The standard InChI is InChI=1S/C35H39F11O3/c1-2-3-19-4-6-20(7-5-19)23-12-13-30(47-18-23)22-10-8-21(9-11-22)24-14-26(36)31(27(37)15-24)33(40,41)48-25-16-28(38)32(29(39)17-25)34(42,43)49-35(44,45)46/h14-17,19-23,30H,2-13,18H2,1H3. The van der Waals surface area contributed by atoms with Crippen molar-refractivity contribution < 1.29 is 62.5 Å². The normalized spacial score (nSPS) is 27.3. The number of hydrogen-bond acceptors (Lipinski definition) is 3. The molecule has 274 valence electrons. The van der Waals surface area contributed by atoms with E-state index in [0.717, 1.165) is 50.3 Å². The Morgan fingerprint density at radius 2 is 1.14 bits per heavy atom. The van der Waals surface area contributed by atoms with Gasteiger partial charge in [0.15, 0.2) is 0 Å². The summed E-state index contributed by atoms with van der Waals surface area (Å²) in [6.45, 7) is 2.97. The fourth-order valence-electron chi connectivity index (χ4n) is 8.11. The molecule has 3 aliphatic rings. The summed E-state index contributed by atoms with van der Waals surface area (Å²) in [7, 11) is 0. The lowest BCUT2D eigenvalue weighted by atomic mass is 9.71. The van der Waals surface area contributed by atoms with Gasteiger partial charge in [0.25, 0.3) is 0 Å². The lowest BCUT2D eigenvalue weighted by Crippen LogP contribution is -2.37. The van der Waals surface area contributed by atoms with Gasteiger partial charge in [-0.15, -0.1) is 13.2 Å². The topological polar surface area (TPSA) is 27.7 Å². The first-order chi connectivity index (χ1) is 23.0. The average molecular weight is 717 g/mol. The number of rotatable bonds is 10. The number of halogens is 11. The number of benzene rings is 2. The van der Waals surface area contributed by atoms with Crippen LogP contribution in [0.2, 0.25) is 0 Å². The molecule has 2 aliphatic carbocycles. The molecular weight excluding hydrogens is 677 g/mol. The van der Waals surface area contributed by atoms with Crippen LogP contribution < -0.4 is 4.74 Å². The Kier molecular flexibility index (Phi) is 11.5. The van der Waals surface area contributed by atoms with Crippen molar-refractivity contribution in [2.24, 2.45) is 23.7 Å². The van der Waals surface area contributed by atoms with E-state index in [4.69, 9.17) is 4.74 Å². The summed E-state index contributed by atoms with van der Waals surface area (Å²) in [5.41, 5.74) is -4.29. The molecule has 3 nitrogen and oxygen atoms in total. The van der Waals surface area contributed by atoms with Gasteiger partial charge in [-0.1, -0.05) is 32.6 Å². The van der Waals surface area contributed by atoms with Gasteiger partial charge >= 0.3 is 18.6 Å². The van der Waals surface area contributed by atoms with E-state index < -0.39 is 58.7 Å². The van der Waals surface area contributed by atoms with E-state index in [9.17, 15) is 39.5 Å². The first kappa shape index (κ1) is 37.6. The highest BCUT2D eigenvalue weighted by molar-refractivity contribution is 5.35. The second-order valence-electron chi connectivity index (χ2n) is 13.7. The van der Waals surface area contributed by atoms with Crippen LogP contribution in [0, 0.1) is 46.9 Å². The van der Waals surface area contributed by atoms with Crippen LogP contribution in [0.5, 0.6) is 5.75 Å². The van der Waals surface area contributed by atoms with Gasteiger partial charge in [0.05, 0.1) is 12.7 Å². The molecule has 1 aliphatic heterocycles. The zero-order valence-corrected chi connectivity index (χ0v) is 26.8. The number of ether oxygens (including phenoxy) is 3. The lowest BCUT2D eigenvalue weighted by Gasteiger charge is -2.41. The van der Waals surface area contributed by atoms with E-state index >= 15 is 8.78 Å². The Balaban J connectivity index is 1.17. The highest BCUT2D eigenvalue weighted by atomic mass is 19.4. The van der Waals surface area contributed by atoms with Gasteiger partial charge in [-0.3, -0.25) is 0 Å². The third-order valence-electron chi connectivity index (χ3n) is 10.5. The number of hydrogen-bond donors (Lipinski definition) is 0. The first-order valence-electron chi connectivity index (χ1n) is 16.8. The Morgan fingerprint density at radius 1 is 0.633 bits per heavy atom. The zero-order chi connectivity index (χ0) is 35.7. The minimum atomic E-state index is -6.01. The Morgan fingerprint density at radius 3 is 1.65 bits per heavy atom. The maximum Gasteiger partial charge on any atom is 0.527 e. The van der Waals surface area contributed by atoms with Gasteiger partial charge in [-0.2, -0.15) is 17.6 Å². The maximum absolute atomic E-state index is 15.0. The van der Waals surface area contributed by atoms with Crippen LogP contribution in [0.4, 0.5) is 48.3 Å². The van der Waals surface area contributed by atoms with Gasteiger partial charge in [0.1, 0.15) is 40.1 Å². The first-order valence-corrected chi connectivity index (χ1v) is 16.8. The lowest BCUT2D eigenvalue weighted by molar-refractivity contribution is -0.432. The van der Waals surface area contributed by atoms with Crippen LogP contribution >= 0.6 is 0 Å². The smallest absolute Gasteiger partial charge is 0.429 e. The predicted molar refractivity (Wildman–Crippen MR) is 156 cm³/mol. The fourth-order valence-corrected chi connectivity index (χ4v) is 8.11. The van der Waals surface area contributed by atoms with E-state index in [1.807, 2.05) is 0 Å². The molecule has 14 heteroatoms. The van der Waals surface area contributed by atoms with Crippen molar-refractivity contribution in [3.8, 4) is 5.75 Å². The quantitative estimate of drug-likeness (QED) is 0.229. The van der Waals surface area contributed by atoms with Gasteiger partial charge in [-0.05, 0) is 98.7 Å². The Hall–Kier alpha value is -2.61. The second-order valence-corrected chi connectivity index (χ2v) is 13.7. The summed E-state index contributed by atoms with van der Waals surface area (Å²) in [4.78, 5) is 0. The Bertz CT molecular complexity index is 1380. The third-order valence-corrected chi connectivity index (χ3v) is 10.5.